The summed E-state index contributed by atoms with van der Waals surface area (Å²) < 4.78 is 9.96. The van der Waals surface area contributed by atoms with Crippen molar-refractivity contribution in [2.24, 2.45) is 0 Å². The van der Waals surface area contributed by atoms with Gasteiger partial charge in [0.1, 0.15) is 11.5 Å². The van der Waals surface area contributed by atoms with Gasteiger partial charge in [0.25, 0.3) is 6.71 Å². The van der Waals surface area contributed by atoms with Crippen LogP contribution >= 0.6 is 0 Å². The van der Waals surface area contributed by atoms with Crippen LogP contribution in [0.2, 0.25) is 0 Å². The zero-order chi connectivity index (χ0) is 60.6. The number of fused-ring (bicyclic) bond motifs is 10. The summed E-state index contributed by atoms with van der Waals surface area (Å²) >= 11 is 0. The molecule has 0 atom stereocenters. The number of aromatic nitrogens is 1. The van der Waals surface area contributed by atoms with Crippen LogP contribution in [0.1, 0.15) is 52.7 Å². The van der Waals surface area contributed by atoms with Crippen LogP contribution in [-0.4, -0.2) is 11.3 Å². The Labute approximate surface area is 526 Å². The summed E-state index contributed by atoms with van der Waals surface area (Å²) in [6, 6.07) is 107. The summed E-state index contributed by atoms with van der Waals surface area (Å²) in [5.74, 6) is 1.76. The number of ether oxygens (including phenoxy) is 1. The first-order valence-electron chi connectivity index (χ1n) is 31.7. The standard InChI is InChI=1S/C86H65BN2O/c1-85(2,3)60-49-71(55-24-9-7-10-25-55)84(72(50-60)56-26-11-8-12-27-56)89-77-48-59(82-69-35-17-15-33-67(69)81(68-34-16-18-36-70(68)82)58-42-40-57(41-43-58)64-37-23-29-54-28-13-14-30-63(54)64)44-46-73(77)87-74-47-45-62(88-75-38-21-19-31-65(75)66-32-20-22-39-76(66)88)53-79(74)90-80-52-61(86(4,5)6)51-78(89)83(80)87/h7-53H,1-6H3. The van der Waals surface area contributed by atoms with Crippen molar-refractivity contribution >= 4 is 94.3 Å². The molecule has 0 spiro atoms. The van der Waals surface area contributed by atoms with Gasteiger partial charge < -0.3 is 14.2 Å². The van der Waals surface area contributed by atoms with Gasteiger partial charge in [-0.15, -0.1) is 0 Å². The molecule has 4 heteroatoms. The zero-order valence-electron chi connectivity index (χ0n) is 51.5. The summed E-state index contributed by atoms with van der Waals surface area (Å²) in [6.45, 7) is 13.8. The molecule has 428 valence electrons. The van der Waals surface area contributed by atoms with Gasteiger partial charge in [-0.25, -0.2) is 0 Å². The molecule has 3 heterocycles. The molecule has 0 N–H and O–H groups in total. The SMILES string of the molecule is CC(C)(C)c1cc(-c2ccccc2)c(N2c3cc(-c4c5ccccc5c(-c5ccc(-c6cccc7ccccc67)cc5)c5ccccc45)ccc3B3c4ccc(-n5c6ccccc6c6ccccc65)cc4Oc4cc(C(C)(C)C)cc2c43)c(-c2ccccc2)c1. The third-order valence-corrected chi connectivity index (χ3v) is 19.3. The van der Waals surface area contributed by atoms with E-state index in [2.05, 4.69) is 336 Å². The van der Waals surface area contributed by atoms with E-state index >= 15 is 0 Å². The Kier molecular flexibility index (Phi) is 12.2. The lowest BCUT2D eigenvalue weighted by molar-refractivity contribution is 0.483. The third-order valence-electron chi connectivity index (χ3n) is 19.3. The molecule has 2 aliphatic heterocycles. The van der Waals surface area contributed by atoms with Crippen molar-refractivity contribution in [3.63, 3.8) is 0 Å². The topological polar surface area (TPSA) is 17.4 Å². The Morgan fingerprint density at radius 3 is 1.38 bits per heavy atom. The lowest BCUT2D eigenvalue weighted by atomic mass is 9.34. The molecule has 3 nitrogen and oxygen atoms in total. The van der Waals surface area contributed by atoms with E-state index in [9.17, 15) is 0 Å². The van der Waals surface area contributed by atoms with Crippen molar-refractivity contribution in [3.05, 3.63) is 296 Å². The summed E-state index contributed by atoms with van der Waals surface area (Å²) in [5, 5.41) is 9.83. The predicted molar refractivity (Wildman–Crippen MR) is 384 cm³/mol. The van der Waals surface area contributed by atoms with Crippen LogP contribution in [0.5, 0.6) is 11.5 Å². The highest BCUT2D eigenvalue weighted by molar-refractivity contribution is 6.99. The number of nitrogens with zero attached hydrogens (tertiary/aromatic N) is 2. The van der Waals surface area contributed by atoms with Gasteiger partial charge in [-0.05, 0) is 164 Å². The third kappa shape index (κ3) is 8.49. The maximum Gasteiger partial charge on any atom is 0.256 e. The van der Waals surface area contributed by atoms with E-state index in [4.69, 9.17) is 4.74 Å². The zero-order valence-corrected chi connectivity index (χ0v) is 51.5. The van der Waals surface area contributed by atoms with E-state index in [0.717, 1.165) is 56.4 Å². The molecule has 14 aromatic carbocycles. The van der Waals surface area contributed by atoms with Crippen molar-refractivity contribution in [3.8, 4) is 72.8 Å². The Morgan fingerprint density at radius 2 is 0.789 bits per heavy atom. The maximum absolute atomic E-state index is 7.56. The lowest BCUT2D eigenvalue weighted by Crippen LogP contribution is -2.59. The molecule has 0 saturated carbocycles. The van der Waals surface area contributed by atoms with Crippen molar-refractivity contribution in [1.82, 2.24) is 4.57 Å². The molecule has 15 aromatic rings. The fourth-order valence-electron chi connectivity index (χ4n) is 14.9. The Bertz CT molecular complexity index is 5240. The van der Waals surface area contributed by atoms with Crippen LogP contribution in [0.4, 0.5) is 17.1 Å². The first kappa shape index (κ1) is 53.6. The quantitative estimate of drug-likeness (QED) is 0.117. The second-order valence-electron chi connectivity index (χ2n) is 26.7. The van der Waals surface area contributed by atoms with Gasteiger partial charge in [-0.2, -0.15) is 0 Å². The summed E-state index contributed by atoms with van der Waals surface area (Å²) in [4.78, 5) is 2.65. The molecule has 0 fully saturated rings. The summed E-state index contributed by atoms with van der Waals surface area (Å²) in [5.41, 5.74) is 24.3. The molecular formula is C86H65BN2O. The molecule has 0 saturated heterocycles. The minimum absolute atomic E-state index is 0.155. The number of rotatable bonds is 7. The van der Waals surface area contributed by atoms with E-state index in [-0.39, 0.29) is 17.5 Å². The fraction of sp³-hybridized carbons (Fsp3) is 0.0930. The van der Waals surface area contributed by atoms with Crippen LogP contribution in [0.15, 0.2) is 285 Å². The normalized spacial score (nSPS) is 12.8. The molecule has 1 aromatic heterocycles. The summed E-state index contributed by atoms with van der Waals surface area (Å²) in [6.07, 6.45) is 0. The molecule has 0 aliphatic carbocycles. The maximum atomic E-state index is 7.56. The number of hydrogen-bond acceptors (Lipinski definition) is 2. The van der Waals surface area contributed by atoms with Gasteiger partial charge in [-0.1, -0.05) is 272 Å². The average molecular weight is 1150 g/mol. The van der Waals surface area contributed by atoms with Crippen LogP contribution in [0.3, 0.4) is 0 Å². The second kappa shape index (κ2) is 20.5. The number of para-hydroxylation sites is 2. The van der Waals surface area contributed by atoms with Gasteiger partial charge >= 0.3 is 0 Å². The van der Waals surface area contributed by atoms with Crippen molar-refractivity contribution in [1.29, 1.82) is 0 Å². The fourth-order valence-corrected chi connectivity index (χ4v) is 14.9. The highest BCUT2D eigenvalue weighted by atomic mass is 16.5. The van der Waals surface area contributed by atoms with E-state index in [1.165, 1.54) is 115 Å². The first-order valence-corrected chi connectivity index (χ1v) is 31.7. The smallest absolute Gasteiger partial charge is 0.256 e. The molecule has 2 aliphatic rings. The predicted octanol–water partition coefficient (Wildman–Crippen LogP) is 21.6. The number of hydrogen-bond donors (Lipinski definition) is 0. The van der Waals surface area contributed by atoms with Gasteiger partial charge in [0.2, 0.25) is 0 Å². The molecular weight excluding hydrogens is 1090 g/mol. The molecule has 17 rings (SSSR count). The van der Waals surface area contributed by atoms with E-state index in [0.29, 0.717) is 0 Å². The minimum Gasteiger partial charge on any atom is -0.458 e. The largest absolute Gasteiger partial charge is 0.458 e. The van der Waals surface area contributed by atoms with Gasteiger partial charge in [0, 0.05) is 45.0 Å². The van der Waals surface area contributed by atoms with Crippen LogP contribution in [-0.2, 0) is 10.8 Å². The van der Waals surface area contributed by atoms with Crippen molar-refractivity contribution in [2.75, 3.05) is 4.90 Å². The molecule has 0 unspecified atom stereocenters. The monoisotopic (exact) mass is 1150 g/mol. The van der Waals surface area contributed by atoms with E-state index in [1.807, 2.05) is 0 Å². The minimum atomic E-state index is -0.236. The van der Waals surface area contributed by atoms with Crippen LogP contribution < -0.4 is 26.0 Å². The van der Waals surface area contributed by atoms with Gasteiger partial charge in [0.05, 0.1) is 16.7 Å². The van der Waals surface area contributed by atoms with Gasteiger partial charge in [-0.3, -0.25) is 0 Å². The summed E-state index contributed by atoms with van der Waals surface area (Å²) in [7, 11) is 0. The highest BCUT2D eigenvalue weighted by Gasteiger charge is 2.44. The lowest BCUT2D eigenvalue weighted by Gasteiger charge is -2.43. The molecule has 0 amide bonds. The Balaban J connectivity index is 0.945. The Morgan fingerprint density at radius 1 is 0.322 bits per heavy atom. The first-order chi connectivity index (χ1) is 43.9. The average Bonchev–Trinajstić information content (AvgIpc) is 0.790. The Hall–Kier alpha value is -10.7. The number of anilines is 3. The highest BCUT2D eigenvalue weighted by Crippen LogP contribution is 2.53. The van der Waals surface area contributed by atoms with E-state index < -0.39 is 0 Å². The van der Waals surface area contributed by atoms with Gasteiger partial charge in [0.15, 0.2) is 0 Å². The van der Waals surface area contributed by atoms with Crippen molar-refractivity contribution < 1.29 is 4.74 Å². The van der Waals surface area contributed by atoms with Crippen molar-refractivity contribution in [2.45, 2.75) is 52.4 Å². The van der Waals surface area contributed by atoms with Crippen LogP contribution in [0, 0.1) is 0 Å². The van der Waals surface area contributed by atoms with Crippen LogP contribution in [0.25, 0.3) is 115 Å². The second-order valence-corrected chi connectivity index (χ2v) is 26.7. The van der Waals surface area contributed by atoms with E-state index in [1.54, 1.807) is 0 Å². The number of benzene rings is 14. The molecule has 0 bridgehead atoms. The molecule has 90 heavy (non-hydrogen) atoms. The molecule has 0 radical (unpaired) electrons.